The van der Waals surface area contributed by atoms with Gasteiger partial charge in [0.1, 0.15) is 4.90 Å². The number of hydrogen-bond donors (Lipinski definition) is 2. The maximum atomic E-state index is 12.6. The van der Waals surface area contributed by atoms with Crippen molar-refractivity contribution in [2.45, 2.75) is 82.4 Å². The van der Waals surface area contributed by atoms with Gasteiger partial charge in [-0.05, 0) is 58.7 Å². The van der Waals surface area contributed by atoms with Crippen LogP contribution in [0.5, 0.6) is 0 Å². The Bertz CT molecular complexity index is 858. The molecule has 1 amide bonds. The molecule has 1 aromatic rings. The molecule has 0 bridgehead atoms. The lowest BCUT2D eigenvalue weighted by atomic mass is 9.95. The molecule has 1 fully saturated rings. The first-order chi connectivity index (χ1) is 13.4. The third-order valence-electron chi connectivity index (χ3n) is 4.50. The fraction of sp³-hybridized carbons (Fsp3) is 0.600. The van der Waals surface area contributed by atoms with Gasteiger partial charge in [0.2, 0.25) is 10.0 Å². The minimum Gasteiger partial charge on any atom is -0.449 e. The molecule has 0 aliphatic heterocycles. The van der Waals surface area contributed by atoms with Gasteiger partial charge in [-0.2, -0.15) is 0 Å². The number of carbonyl (C=O) groups is 2. The largest absolute Gasteiger partial charge is 0.449 e. The lowest BCUT2D eigenvalue weighted by molar-refractivity contribution is -0.130. The number of sulfonamides is 1. The quantitative estimate of drug-likeness (QED) is 0.654. The van der Waals surface area contributed by atoms with Crippen LogP contribution in [0.15, 0.2) is 23.1 Å². The van der Waals surface area contributed by atoms with E-state index in [0.717, 1.165) is 31.7 Å². The Balaban J connectivity index is 2.09. The second-order valence-electron chi connectivity index (χ2n) is 8.39. The summed E-state index contributed by atoms with van der Waals surface area (Å²) in [5, 5.41) is 2.89. The third-order valence-corrected chi connectivity index (χ3v) is 6.74. The van der Waals surface area contributed by atoms with Gasteiger partial charge in [0.15, 0.2) is 6.10 Å². The lowest BCUT2D eigenvalue weighted by Gasteiger charge is -2.24. The fourth-order valence-electron chi connectivity index (χ4n) is 3.14. The molecule has 7 nitrogen and oxygen atoms in total. The third kappa shape index (κ3) is 6.97. The first-order valence-electron chi connectivity index (χ1n) is 9.74. The van der Waals surface area contributed by atoms with Crippen LogP contribution in [-0.2, 0) is 19.6 Å². The van der Waals surface area contributed by atoms with Crippen LogP contribution < -0.4 is 10.0 Å². The molecule has 29 heavy (non-hydrogen) atoms. The molecular formula is C20H29ClN2O5S. The summed E-state index contributed by atoms with van der Waals surface area (Å²) in [4.78, 5) is 24.5. The van der Waals surface area contributed by atoms with Crippen LogP contribution in [0.4, 0.5) is 0 Å². The van der Waals surface area contributed by atoms with Crippen LogP contribution in [0.1, 0.15) is 70.2 Å². The van der Waals surface area contributed by atoms with Gasteiger partial charge in [-0.25, -0.2) is 17.9 Å². The van der Waals surface area contributed by atoms with E-state index in [0.29, 0.717) is 0 Å². The van der Waals surface area contributed by atoms with Gasteiger partial charge < -0.3 is 10.1 Å². The molecule has 1 saturated carbocycles. The van der Waals surface area contributed by atoms with Crippen molar-refractivity contribution in [2.24, 2.45) is 0 Å². The molecule has 9 heteroatoms. The van der Waals surface area contributed by atoms with Gasteiger partial charge in [0.25, 0.3) is 5.91 Å². The first-order valence-corrected chi connectivity index (χ1v) is 11.6. The van der Waals surface area contributed by atoms with Crippen molar-refractivity contribution >= 4 is 33.5 Å². The predicted molar refractivity (Wildman–Crippen MR) is 111 cm³/mol. The van der Waals surface area contributed by atoms with Crippen molar-refractivity contribution in [3.8, 4) is 0 Å². The molecule has 1 aromatic carbocycles. The minimum absolute atomic E-state index is 0.000926. The monoisotopic (exact) mass is 444 g/mol. The summed E-state index contributed by atoms with van der Waals surface area (Å²) >= 11 is 6.04. The van der Waals surface area contributed by atoms with Crippen molar-refractivity contribution in [1.29, 1.82) is 0 Å². The highest BCUT2D eigenvalue weighted by atomic mass is 35.5. The first kappa shape index (κ1) is 23.6. The van der Waals surface area contributed by atoms with E-state index >= 15 is 0 Å². The maximum absolute atomic E-state index is 12.6. The second kappa shape index (κ2) is 9.45. The SMILES string of the molecule is CC(OC(=O)c1ccc(Cl)c(S(=O)(=O)NC(C)(C)C)c1)C(=O)NC1CCCCC1. The Kier molecular flexibility index (Phi) is 7.70. The summed E-state index contributed by atoms with van der Waals surface area (Å²) in [7, 11) is -3.94. The minimum atomic E-state index is -3.94. The molecule has 0 saturated heterocycles. The van der Waals surface area contributed by atoms with Gasteiger partial charge in [-0.15, -0.1) is 0 Å². The molecule has 1 aliphatic rings. The molecule has 0 spiro atoms. The average molecular weight is 445 g/mol. The highest BCUT2D eigenvalue weighted by Gasteiger charge is 2.27. The molecule has 1 aliphatic carbocycles. The number of halogens is 1. The van der Waals surface area contributed by atoms with Gasteiger partial charge in [-0.1, -0.05) is 30.9 Å². The Morgan fingerprint density at radius 2 is 1.79 bits per heavy atom. The highest BCUT2D eigenvalue weighted by Crippen LogP contribution is 2.24. The molecule has 162 valence electrons. The van der Waals surface area contributed by atoms with Crippen molar-refractivity contribution in [2.75, 3.05) is 0 Å². The summed E-state index contributed by atoms with van der Waals surface area (Å²) in [5.74, 6) is -1.15. The van der Waals surface area contributed by atoms with Gasteiger partial charge in [0.05, 0.1) is 10.6 Å². The summed E-state index contributed by atoms with van der Waals surface area (Å²) < 4.78 is 32.9. The summed E-state index contributed by atoms with van der Waals surface area (Å²) in [5.41, 5.74) is -0.717. The Hall–Kier alpha value is -1.64. The normalized spacial score (nSPS) is 16.9. The number of benzene rings is 1. The Morgan fingerprint density at radius 1 is 1.17 bits per heavy atom. The molecule has 1 atom stereocenters. The number of ether oxygens (including phenoxy) is 1. The van der Waals surface area contributed by atoms with Crippen molar-refractivity contribution in [3.63, 3.8) is 0 Å². The van der Waals surface area contributed by atoms with Crippen molar-refractivity contribution < 1.29 is 22.7 Å². The fourth-order valence-corrected chi connectivity index (χ4v) is 5.09. The van der Waals surface area contributed by atoms with Gasteiger partial charge in [0, 0.05) is 11.6 Å². The molecule has 0 heterocycles. The number of hydrogen-bond acceptors (Lipinski definition) is 5. The molecule has 1 unspecified atom stereocenters. The van der Waals surface area contributed by atoms with E-state index in [4.69, 9.17) is 16.3 Å². The Labute approximate surface area is 177 Å². The molecule has 2 N–H and O–H groups in total. The number of carbonyl (C=O) groups excluding carboxylic acids is 2. The van der Waals surface area contributed by atoms with Crippen molar-refractivity contribution in [1.82, 2.24) is 10.0 Å². The van der Waals surface area contributed by atoms with Crippen LogP contribution in [0, 0.1) is 0 Å². The van der Waals surface area contributed by atoms with E-state index in [1.807, 2.05) is 0 Å². The Morgan fingerprint density at radius 3 is 2.38 bits per heavy atom. The summed E-state index contributed by atoms with van der Waals surface area (Å²) in [6.45, 7) is 6.58. The topological polar surface area (TPSA) is 102 Å². The zero-order valence-corrected chi connectivity index (χ0v) is 18.8. The highest BCUT2D eigenvalue weighted by molar-refractivity contribution is 7.89. The predicted octanol–water partition coefficient (Wildman–Crippen LogP) is 3.41. The zero-order valence-electron chi connectivity index (χ0n) is 17.2. The summed E-state index contributed by atoms with van der Waals surface area (Å²) in [6, 6.07) is 3.95. The standard InChI is InChI=1S/C20H29ClN2O5S/c1-13(18(24)22-15-8-6-5-7-9-15)28-19(25)14-10-11-16(21)17(12-14)29(26,27)23-20(2,3)4/h10-13,15,23H,5-9H2,1-4H3,(H,22,24). The van der Waals surface area contributed by atoms with Crippen LogP contribution in [0.3, 0.4) is 0 Å². The number of rotatable bonds is 6. The number of amides is 1. The summed E-state index contributed by atoms with van der Waals surface area (Å²) in [6.07, 6.45) is 4.17. The van der Waals surface area contributed by atoms with E-state index in [1.54, 1.807) is 20.8 Å². The average Bonchev–Trinajstić information content (AvgIpc) is 2.60. The van der Waals surface area contributed by atoms with Crippen LogP contribution in [-0.4, -0.2) is 38.0 Å². The maximum Gasteiger partial charge on any atom is 0.338 e. The van der Waals surface area contributed by atoms with E-state index in [2.05, 4.69) is 10.0 Å². The number of nitrogens with one attached hydrogen (secondary N) is 2. The molecule has 0 radical (unpaired) electrons. The van der Waals surface area contributed by atoms with Crippen LogP contribution in [0.2, 0.25) is 5.02 Å². The molecule has 0 aromatic heterocycles. The van der Waals surface area contributed by atoms with Crippen molar-refractivity contribution in [3.05, 3.63) is 28.8 Å². The number of esters is 1. The van der Waals surface area contributed by atoms with Gasteiger partial charge >= 0.3 is 5.97 Å². The van der Waals surface area contributed by atoms with Crippen LogP contribution in [0.25, 0.3) is 0 Å². The molecular weight excluding hydrogens is 416 g/mol. The zero-order chi connectivity index (χ0) is 21.8. The smallest absolute Gasteiger partial charge is 0.338 e. The second-order valence-corrected chi connectivity index (χ2v) is 10.4. The van der Waals surface area contributed by atoms with E-state index in [-0.39, 0.29) is 27.4 Å². The van der Waals surface area contributed by atoms with E-state index < -0.39 is 27.6 Å². The van der Waals surface area contributed by atoms with Gasteiger partial charge in [-0.3, -0.25) is 4.79 Å². The van der Waals surface area contributed by atoms with Crippen LogP contribution >= 0.6 is 11.6 Å². The van der Waals surface area contributed by atoms with E-state index in [9.17, 15) is 18.0 Å². The van der Waals surface area contributed by atoms with E-state index in [1.165, 1.54) is 25.5 Å². The molecule has 2 rings (SSSR count). The lowest BCUT2D eigenvalue weighted by Crippen LogP contribution is -2.42.